The third-order valence-corrected chi connectivity index (χ3v) is 3.97. The lowest BCUT2D eigenvalue weighted by Crippen LogP contribution is -2.46. The van der Waals surface area contributed by atoms with Crippen molar-refractivity contribution in [3.05, 3.63) is 60.1 Å². The van der Waals surface area contributed by atoms with Gasteiger partial charge in [-0.1, -0.05) is 44.2 Å². The van der Waals surface area contributed by atoms with Crippen molar-refractivity contribution in [3.63, 3.8) is 0 Å². The summed E-state index contributed by atoms with van der Waals surface area (Å²) in [6, 6.07) is 11.4. The average molecular weight is 372 g/mol. The molecule has 2 aromatic rings. The molecule has 0 unspecified atom stereocenters. The van der Waals surface area contributed by atoms with E-state index in [0.29, 0.717) is 0 Å². The Labute approximate surface area is 158 Å². The van der Waals surface area contributed by atoms with Crippen LogP contribution >= 0.6 is 0 Å². The molecule has 144 valence electrons. The van der Waals surface area contributed by atoms with Crippen molar-refractivity contribution >= 4 is 17.8 Å². The van der Waals surface area contributed by atoms with E-state index >= 15 is 0 Å². The maximum atomic E-state index is 12.3. The predicted molar refractivity (Wildman–Crippen MR) is 98.8 cm³/mol. The molecule has 1 aromatic heterocycles. The number of carbonyl (C=O) groups is 3. The molecule has 7 heteroatoms. The highest BCUT2D eigenvalue weighted by molar-refractivity contribution is 5.94. The van der Waals surface area contributed by atoms with Crippen molar-refractivity contribution in [2.75, 3.05) is 6.61 Å². The molecule has 0 aliphatic carbocycles. The molecule has 0 bridgehead atoms. The second-order valence-electron chi connectivity index (χ2n) is 6.48. The highest BCUT2D eigenvalue weighted by Gasteiger charge is 2.27. The minimum Gasteiger partial charge on any atom is -0.459 e. The van der Waals surface area contributed by atoms with E-state index in [4.69, 9.17) is 9.15 Å². The van der Waals surface area contributed by atoms with Gasteiger partial charge in [0, 0.05) is 0 Å². The summed E-state index contributed by atoms with van der Waals surface area (Å²) < 4.78 is 10.1. The van der Waals surface area contributed by atoms with Crippen LogP contribution in [-0.4, -0.2) is 30.4 Å². The van der Waals surface area contributed by atoms with Crippen LogP contribution in [0.15, 0.2) is 53.1 Å². The first-order valence-corrected chi connectivity index (χ1v) is 8.73. The molecule has 7 nitrogen and oxygen atoms in total. The summed E-state index contributed by atoms with van der Waals surface area (Å²) in [5.41, 5.74) is 0.947. The Morgan fingerprint density at radius 3 is 2.30 bits per heavy atom. The van der Waals surface area contributed by atoms with Crippen LogP contribution in [0.2, 0.25) is 0 Å². The number of rotatable bonds is 8. The average Bonchev–Trinajstić information content (AvgIpc) is 3.19. The van der Waals surface area contributed by atoms with E-state index in [1.165, 1.54) is 12.3 Å². The van der Waals surface area contributed by atoms with Crippen molar-refractivity contribution in [2.24, 2.45) is 5.92 Å². The summed E-state index contributed by atoms with van der Waals surface area (Å²) in [7, 11) is 0. The quantitative estimate of drug-likeness (QED) is 0.694. The maximum Gasteiger partial charge on any atom is 0.329 e. The number of amides is 2. The molecule has 0 saturated carbocycles. The van der Waals surface area contributed by atoms with Crippen molar-refractivity contribution in [2.45, 2.75) is 32.9 Å². The number of hydrogen-bond acceptors (Lipinski definition) is 5. The Morgan fingerprint density at radius 1 is 1.00 bits per heavy atom. The van der Waals surface area contributed by atoms with Gasteiger partial charge in [-0.25, -0.2) is 4.79 Å². The fourth-order valence-electron chi connectivity index (χ4n) is 2.45. The molecule has 0 fully saturated rings. The first-order valence-electron chi connectivity index (χ1n) is 8.73. The normalized spacial score (nSPS) is 12.9. The smallest absolute Gasteiger partial charge is 0.329 e. The Hall–Kier alpha value is -3.09. The molecule has 2 amide bonds. The molecule has 0 radical (unpaired) electrons. The zero-order valence-corrected chi connectivity index (χ0v) is 15.6. The first kappa shape index (κ1) is 20.2. The van der Waals surface area contributed by atoms with Gasteiger partial charge in [-0.3, -0.25) is 9.59 Å². The molecule has 0 spiro atoms. The summed E-state index contributed by atoms with van der Waals surface area (Å²) in [6.07, 6.45) is 1.37. The highest BCUT2D eigenvalue weighted by atomic mass is 16.5. The van der Waals surface area contributed by atoms with E-state index in [1.54, 1.807) is 19.9 Å². The molecule has 0 aliphatic rings. The fraction of sp³-hybridized carbons (Fsp3) is 0.350. The van der Waals surface area contributed by atoms with E-state index in [0.717, 1.165) is 5.56 Å². The van der Waals surface area contributed by atoms with Crippen LogP contribution in [0.5, 0.6) is 0 Å². The van der Waals surface area contributed by atoms with Crippen molar-refractivity contribution in [1.82, 2.24) is 10.6 Å². The Balaban J connectivity index is 1.86. The molecule has 2 atom stereocenters. The summed E-state index contributed by atoms with van der Waals surface area (Å²) in [4.78, 5) is 36.4. The van der Waals surface area contributed by atoms with Crippen molar-refractivity contribution in [3.8, 4) is 0 Å². The third-order valence-electron chi connectivity index (χ3n) is 3.97. The van der Waals surface area contributed by atoms with Crippen LogP contribution in [0, 0.1) is 5.92 Å². The lowest BCUT2D eigenvalue weighted by Gasteiger charge is -2.20. The van der Waals surface area contributed by atoms with Gasteiger partial charge >= 0.3 is 5.97 Å². The van der Waals surface area contributed by atoms with E-state index < -0.39 is 30.4 Å². The Bertz CT molecular complexity index is 756. The lowest BCUT2D eigenvalue weighted by atomic mass is 10.0. The number of furan rings is 1. The fourth-order valence-corrected chi connectivity index (χ4v) is 2.45. The summed E-state index contributed by atoms with van der Waals surface area (Å²) >= 11 is 0. The van der Waals surface area contributed by atoms with Gasteiger partial charge in [0.15, 0.2) is 12.4 Å². The van der Waals surface area contributed by atoms with Gasteiger partial charge < -0.3 is 19.8 Å². The number of nitrogens with one attached hydrogen (secondary N) is 2. The zero-order valence-electron chi connectivity index (χ0n) is 15.6. The van der Waals surface area contributed by atoms with E-state index in [2.05, 4.69) is 10.6 Å². The molecule has 27 heavy (non-hydrogen) atoms. The van der Waals surface area contributed by atoms with Crippen LogP contribution < -0.4 is 10.6 Å². The third kappa shape index (κ3) is 5.99. The number of carbonyl (C=O) groups excluding carboxylic acids is 3. The molecule has 2 rings (SSSR count). The minimum atomic E-state index is -0.887. The molecule has 1 aromatic carbocycles. The highest BCUT2D eigenvalue weighted by Crippen LogP contribution is 2.11. The number of benzene rings is 1. The van der Waals surface area contributed by atoms with Crippen LogP contribution in [0.3, 0.4) is 0 Å². The maximum absolute atomic E-state index is 12.3. The second-order valence-corrected chi connectivity index (χ2v) is 6.48. The SMILES string of the molecule is CC(C)[C@H](NC(=O)c1ccco1)C(=O)OCC(=O)N[C@@H](C)c1ccccc1. The molecule has 0 aliphatic heterocycles. The number of ether oxygens (including phenoxy) is 1. The topological polar surface area (TPSA) is 97.6 Å². The van der Waals surface area contributed by atoms with Gasteiger partial charge in [0.2, 0.25) is 0 Å². The monoisotopic (exact) mass is 372 g/mol. The van der Waals surface area contributed by atoms with Crippen LogP contribution in [0.25, 0.3) is 0 Å². The summed E-state index contributed by atoms with van der Waals surface area (Å²) in [6.45, 7) is 4.96. The predicted octanol–water partition coefficient (Wildman–Crippen LogP) is 2.45. The largest absolute Gasteiger partial charge is 0.459 e. The number of esters is 1. The molecular weight excluding hydrogens is 348 g/mol. The van der Waals surface area contributed by atoms with Crippen LogP contribution in [0.4, 0.5) is 0 Å². The lowest BCUT2D eigenvalue weighted by molar-refractivity contribution is -0.151. The minimum absolute atomic E-state index is 0.0999. The molecular formula is C20H24N2O5. The second kappa shape index (κ2) is 9.56. The van der Waals surface area contributed by atoms with Gasteiger partial charge in [-0.15, -0.1) is 0 Å². The first-order chi connectivity index (χ1) is 12.9. The van der Waals surface area contributed by atoms with Crippen LogP contribution in [-0.2, 0) is 14.3 Å². The number of hydrogen-bond donors (Lipinski definition) is 2. The van der Waals surface area contributed by atoms with E-state index in [-0.39, 0.29) is 17.7 Å². The van der Waals surface area contributed by atoms with E-state index in [1.807, 2.05) is 37.3 Å². The summed E-state index contributed by atoms with van der Waals surface area (Å²) in [5.74, 6) is -1.73. The molecule has 0 saturated heterocycles. The van der Waals surface area contributed by atoms with Gasteiger partial charge in [-0.05, 0) is 30.5 Å². The standard InChI is InChI=1S/C20H24N2O5/c1-13(2)18(22-19(24)16-10-7-11-26-16)20(25)27-12-17(23)21-14(3)15-8-5-4-6-9-15/h4-11,13-14,18H,12H2,1-3H3,(H,21,23)(H,22,24)/t14-,18-/m0/s1. The summed E-state index contributed by atoms with van der Waals surface area (Å²) in [5, 5.41) is 5.33. The van der Waals surface area contributed by atoms with Gasteiger partial charge in [0.25, 0.3) is 11.8 Å². The molecule has 2 N–H and O–H groups in total. The molecule has 1 heterocycles. The zero-order chi connectivity index (χ0) is 19.8. The van der Waals surface area contributed by atoms with Crippen LogP contribution in [0.1, 0.15) is 42.9 Å². The van der Waals surface area contributed by atoms with Crippen molar-refractivity contribution < 1.29 is 23.5 Å². The Morgan fingerprint density at radius 2 is 1.70 bits per heavy atom. The Kier molecular flexibility index (Phi) is 7.16. The van der Waals surface area contributed by atoms with E-state index in [9.17, 15) is 14.4 Å². The van der Waals surface area contributed by atoms with Gasteiger partial charge in [0.05, 0.1) is 12.3 Å². The van der Waals surface area contributed by atoms with Crippen molar-refractivity contribution in [1.29, 1.82) is 0 Å². The van der Waals surface area contributed by atoms with Gasteiger partial charge in [-0.2, -0.15) is 0 Å². The van der Waals surface area contributed by atoms with Gasteiger partial charge in [0.1, 0.15) is 6.04 Å².